The maximum Gasteiger partial charge on any atom is 0.337 e. The molecule has 0 saturated carbocycles. The Morgan fingerprint density at radius 2 is 1.85 bits per heavy atom. The van der Waals surface area contributed by atoms with E-state index in [1.54, 1.807) is 13.0 Å². The molecule has 0 bridgehead atoms. The van der Waals surface area contributed by atoms with Crippen molar-refractivity contribution in [2.45, 2.75) is 26.3 Å². The van der Waals surface area contributed by atoms with E-state index in [-0.39, 0.29) is 11.3 Å². The van der Waals surface area contributed by atoms with Crippen LogP contribution in [0.5, 0.6) is 0 Å². The number of carboxylic acids is 1. The van der Waals surface area contributed by atoms with Crippen molar-refractivity contribution in [3.63, 3.8) is 0 Å². The number of primary amides is 1. The van der Waals surface area contributed by atoms with Gasteiger partial charge >= 0.3 is 12.0 Å². The van der Waals surface area contributed by atoms with Gasteiger partial charge in [-0.2, -0.15) is 0 Å². The molecule has 0 saturated heterocycles. The van der Waals surface area contributed by atoms with E-state index in [1.165, 1.54) is 26.0 Å². The van der Waals surface area contributed by atoms with Crippen molar-refractivity contribution in [3.05, 3.63) is 29.3 Å². The summed E-state index contributed by atoms with van der Waals surface area (Å²) in [6.07, 6.45) is 0. The third-order valence-corrected chi connectivity index (χ3v) is 2.70. The number of hydrogen-bond donors (Lipinski definition) is 4. The third-order valence-electron chi connectivity index (χ3n) is 2.70. The highest BCUT2D eigenvalue weighted by Gasteiger charge is 2.27. The van der Waals surface area contributed by atoms with Crippen LogP contribution in [0.4, 0.5) is 10.5 Å². The van der Waals surface area contributed by atoms with Crippen LogP contribution >= 0.6 is 0 Å². The number of rotatable bonds is 4. The lowest BCUT2D eigenvalue weighted by atomic mass is 10.1. The van der Waals surface area contributed by atoms with Crippen LogP contribution in [0.1, 0.15) is 29.8 Å². The van der Waals surface area contributed by atoms with Gasteiger partial charge in [-0.3, -0.25) is 4.79 Å². The summed E-state index contributed by atoms with van der Waals surface area (Å²) in [5.41, 5.74) is 4.76. The van der Waals surface area contributed by atoms with Gasteiger partial charge in [-0.05, 0) is 32.9 Å². The number of aryl methyl sites for hydroxylation is 1. The fourth-order valence-electron chi connectivity index (χ4n) is 1.44. The summed E-state index contributed by atoms with van der Waals surface area (Å²) >= 11 is 0. The summed E-state index contributed by atoms with van der Waals surface area (Å²) in [4.78, 5) is 34.0. The average Bonchev–Trinajstić information content (AvgIpc) is 2.30. The zero-order chi connectivity index (χ0) is 15.5. The number of carboxylic acid groups (broad SMARTS) is 1. The summed E-state index contributed by atoms with van der Waals surface area (Å²) in [7, 11) is 0. The standard InChI is InChI=1S/C13H17N3O4/c1-7-4-5-9(8(6-7)10(17)18)15-12(20)16-13(2,3)11(14)19/h4-6H,1-3H3,(H2,14,19)(H,17,18)(H2,15,16,20). The molecule has 0 aromatic heterocycles. The Kier molecular flexibility index (Phi) is 4.34. The number of benzene rings is 1. The number of nitrogens with one attached hydrogen (secondary N) is 2. The molecule has 108 valence electrons. The number of carbonyl (C=O) groups excluding carboxylic acids is 2. The van der Waals surface area contributed by atoms with E-state index in [9.17, 15) is 14.4 Å². The molecule has 0 fully saturated rings. The first-order valence-corrected chi connectivity index (χ1v) is 5.86. The molecule has 0 aliphatic rings. The molecule has 5 N–H and O–H groups in total. The van der Waals surface area contributed by atoms with Gasteiger partial charge in [0.15, 0.2) is 0 Å². The van der Waals surface area contributed by atoms with Gasteiger partial charge in [0.25, 0.3) is 0 Å². The minimum absolute atomic E-state index is 0.0305. The summed E-state index contributed by atoms with van der Waals surface area (Å²) in [6, 6.07) is 3.88. The Balaban J connectivity index is 2.92. The van der Waals surface area contributed by atoms with Crippen LogP contribution in [0.25, 0.3) is 0 Å². The molecule has 0 aliphatic carbocycles. The zero-order valence-corrected chi connectivity index (χ0v) is 11.5. The van der Waals surface area contributed by atoms with E-state index in [0.29, 0.717) is 0 Å². The van der Waals surface area contributed by atoms with Crippen LogP contribution in [-0.2, 0) is 4.79 Å². The molecule has 0 spiro atoms. The molecule has 0 radical (unpaired) electrons. The summed E-state index contributed by atoms with van der Waals surface area (Å²) in [6.45, 7) is 4.64. The molecule has 1 aromatic rings. The number of anilines is 1. The normalized spacial score (nSPS) is 10.8. The molecule has 7 heteroatoms. The minimum Gasteiger partial charge on any atom is -0.478 e. The molecule has 0 atom stereocenters. The molecule has 20 heavy (non-hydrogen) atoms. The second-order valence-electron chi connectivity index (χ2n) is 4.92. The molecular weight excluding hydrogens is 262 g/mol. The van der Waals surface area contributed by atoms with Gasteiger partial charge in [-0.15, -0.1) is 0 Å². The lowest BCUT2D eigenvalue weighted by molar-refractivity contribution is -0.122. The number of hydrogen-bond acceptors (Lipinski definition) is 3. The highest BCUT2D eigenvalue weighted by Crippen LogP contribution is 2.17. The number of carbonyl (C=O) groups is 3. The predicted octanol–water partition coefficient (Wildman–Crippen LogP) is 1.08. The van der Waals surface area contributed by atoms with Gasteiger partial charge in [-0.25, -0.2) is 9.59 Å². The van der Waals surface area contributed by atoms with Crippen molar-refractivity contribution in [2.75, 3.05) is 5.32 Å². The zero-order valence-electron chi connectivity index (χ0n) is 11.5. The quantitative estimate of drug-likeness (QED) is 0.658. The molecule has 0 unspecified atom stereocenters. The summed E-state index contributed by atoms with van der Waals surface area (Å²) in [5, 5.41) is 13.8. The largest absolute Gasteiger partial charge is 0.478 e. The van der Waals surface area contributed by atoms with Crippen LogP contribution in [0.15, 0.2) is 18.2 Å². The second-order valence-corrected chi connectivity index (χ2v) is 4.92. The van der Waals surface area contributed by atoms with E-state index in [4.69, 9.17) is 10.8 Å². The highest BCUT2D eigenvalue weighted by molar-refractivity contribution is 6.01. The van der Waals surface area contributed by atoms with Crippen LogP contribution < -0.4 is 16.4 Å². The van der Waals surface area contributed by atoms with Crippen molar-refractivity contribution in [3.8, 4) is 0 Å². The van der Waals surface area contributed by atoms with E-state index < -0.39 is 23.4 Å². The van der Waals surface area contributed by atoms with E-state index in [2.05, 4.69) is 10.6 Å². The Morgan fingerprint density at radius 3 is 2.35 bits per heavy atom. The number of amides is 3. The molecule has 1 rings (SSSR count). The Labute approximate surface area is 116 Å². The van der Waals surface area contributed by atoms with E-state index in [0.717, 1.165) is 5.56 Å². The van der Waals surface area contributed by atoms with Crippen LogP contribution in [0.3, 0.4) is 0 Å². The fraction of sp³-hybridized carbons (Fsp3) is 0.308. The Bertz CT molecular complexity index is 567. The molecule has 3 amide bonds. The van der Waals surface area contributed by atoms with Crippen LogP contribution in [-0.4, -0.2) is 28.6 Å². The van der Waals surface area contributed by atoms with Crippen molar-refractivity contribution >= 4 is 23.6 Å². The van der Waals surface area contributed by atoms with Gasteiger partial charge < -0.3 is 21.5 Å². The highest BCUT2D eigenvalue weighted by atomic mass is 16.4. The molecule has 0 aliphatic heterocycles. The van der Waals surface area contributed by atoms with Crippen LogP contribution in [0.2, 0.25) is 0 Å². The van der Waals surface area contributed by atoms with Crippen molar-refractivity contribution in [1.29, 1.82) is 0 Å². The van der Waals surface area contributed by atoms with Gasteiger partial charge in [0.05, 0.1) is 11.3 Å². The lowest BCUT2D eigenvalue weighted by Gasteiger charge is -2.22. The minimum atomic E-state index is -1.24. The van der Waals surface area contributed by atoms with Crippen molar-refractivity contribution in [2.24, 2.45) is 5.73 Å². The van der Waals surface area contributed by atoms with Gasteiger partial charge in [0, 0.05) is 0 Å². The van der Waals surface area contributed by atoms with Crippen molar-refractivity contribution < 1.29 is 19.5 Å². The SMILES string of the molecule is Cc1ccc(NC(=O)NC(C)(C)C(N)=O)c(C(=O)O)c1. The smallest absolute Gasteiger partial charge is 0.337 e. The average molecular weight is 279 g/mol. The van der Waals surface area contributed by atoms with Gasteiger partial charge in [0.1, 0.15) is 5.54 Å². The molecule has 1 aromatic carbocycles. The number of urea groups is 1. The molecule has 7 nitrogen and oxygen atoms in total. The lowest BCUT2D eigenvalue weighted by Crippen LogP contribution is -2.54. The summed E-state index contributed by atoms with van der Waals surface area (Å²) < 4.78 is 0. The maximum atomic E-state index is 11.8. The topological polar surface area (TPSA) is 122 Å². The maximum absolute atomic E-state index is 11.8. The van der Waals surface area contributed by atoms with Gasteiger partial charge in [0.2, 0.25) is 5.91 Å². The third kappa shape index (κ3) is 3.71. The monoisotopic (exact) mass is 279 g/mol. The van der Waals surface area contributed by atoms with E-state index in [1.807, 2.05) is 0 Å². The first-order chi connectivity index (χ1) is 9.13. The van der Waals surface area contributed by atoms with Crippen molar-refractivity contribution in [1.82, 2.24) is 5.32 Å². The first kappa shape index (κ1) is 15.5. The molecule has 0 heterocycles. The van der Waals surface area contributed by atoms with Crippen LogP contribution in [0, 0.1) is 6.92 Å². The summed E-state index contributed by atoms with van der Waals surface area (Å²) in [5.74, 6) is -1.85. The molecular formula is C13H17N3O4. The van der Waals surface area contributed by atoms with Gasteiger partial charge in [-0.1, -0.05) is 11.6 Å². The number of aromatic carboxylic acids is 1. The predicted molar refractivity (Wildman–Crippen MR) is 73.6 cm³/mol. The first-order valence-electron chi connectivity index (χ1n) is 5.86. The Hall–Kier alpha value is -2.57. The van der Waals surface area contributed by atoms with E-state index >= 15 is 0 Å². The second kappa shape index (κ2) is 5.60. The Morgan fingerprint density at radius 1 is 1.25 bits per heavy atom. The number of nitrogens with two attached hydrogens (primary N) is 1. The fourth-order valence-corrected chi connectivity index (χ4v) is 1.44.